The van der Waals surface area contributed by atoms with E-state index >= 15 is 0 Å². The van der Waals surface area contributed by atoms with Gasteiger partial charge in [-0.15, -0.1) is 0 Å². The van der Waals surface area contributed by atoms with Gasteiger partial charge in [0.2, 0.25) is 5.91 Å². The molecule has 2 heterocycles. The molecule has 0 aliphatic carbocycles. The van der Waals surface area contributed by atoms with Crippen molar-refractivity contribution >= 4 is 11.7 Å². The third-order valence-electron chi connectivity index (χ3n) is 3.23. The quantitative estimate of drug-likeness (QED) is 0.845. The summed E-state index contributed by atoms with van der Waals surface area (Å²) in [6.07, 6.45) is 1.81. The van der Waals surface area contributed by atoms with Gasteiger partial charge in [-0.1, -0.05) is 6.07 Å². The second-order valence-corrected chi connectivity index (χ2v) is 4.60. The zero-order chi connectivity index (χ0) is 13.0. The summed E-state index contributed by atoms with van der Waals surface area (Å²) in [4.78, 5) is 19.8. The van der Waals surface area contributed by atoms with Gasteiger partial charge in [-0.2, -0.15) is 0 Å². The van der Waals surface area contributed by atoms with Crippen LogP contribution in [0.1, 0.15) is 12.5 Å². The van der Waals surface area contributed by atoms with E-state index in [1.165, 1.54) is 0 Å². The number of aromatic nitrogens is 1. The molecule has 0 spiro atoms. The van der Waals surface area contributed by atoms with E-state index in [0.29, 0.717) is 6.54 Å². The number of carbonyl (C=O) groups is 1. The van der Waals surface area contributed by atoms with Crippen LogP contribution in [0.15, 0.2) is 18.3 Å². The number of amides is 1. The van der Waals surface area contributed by atoms with Crippen molar-refractivity contribution in [3.63, 3.8) is 0 Å². The van der Waals surface area contributed by atoms with Crippen LogP contribution in [0.5, 0.6) is 0 Å². The number of hydrogen-bond donors (Lipinski definition) is 1. The molecule has 98 valence electrons. The first-order valence-electron chi connectivity index (χ1n) is 6.30. The lowest BCUT2D eigenvalue weighted by Crippen LogP contribution is -2.44. The van der Waals surface area contributed by atoms with Crippen LogP contribution in [0.2, 0.25) is 0 Å². The second-order valence-electron chi connectivity index (χ2n) is 4.60. The highest BCUT2D eigenvalue weighted by molar-refractivity contribution is 5.73. The lowest BCUT2D eigenvalue weighted by Gasteiger charge is -2.30. The third kappa shape index (κ3) is 2.98. The summed E-state index contributed by atoms with van der Waals surface area (Å²) in [7, 11) is 1.82. The molecule has 18 heavy (non-hydrogen) atoms. The van der Waals surface area contributed by atoms with Crippen molar-refractivity contribution in [3.8, 4) is 0 Å². The van der Waals surface area contributed by atoms with Gasteiger partial charge in [-0.3, -0.25) is 4.79 Å². The van der Waals surface area contributed by atoms with E-state index in [9.17, 15) is 4.79 Å². The lowest BCUT2D eigenvalue weighted by atomic mass is 10.2. The van der Waals surface area contributed by atoms with Gasteiger partial charge < -0.3 is 15.1 Å². The molecule has 0 saturated carbocycles. The number of carbonyl (C=O) groups excluding carboxylic acids is 1. The lowest BCUT2D eigenvalue weighted by molar-refractivity contribution is -0.128. The van der Waals surface area contributed by atoms with Crippen molar-refractivity contribution in [3.05, 3.63) is 23.9 Å². The smallest absolute Gasteiger partial charge is 0.219 e. The Labute approximate surface area is 108 Å². The molecule has 1 fully saturated rings. The highest BCUT2D eigenvalue weighted by atomic mass is 16.2. The largest absolute Gasteiger partial charge is 0.354 e. The zero-order valence-corrected chi connectivity index (χ0v) is 11.0. The Kier molecular flexibility index (Phi) is 4.15. The van der Waals surface area contributed by atoms with Gasteiger partial charge in [0.05, 0.1) is 0 Å². The molecule has 0 bridgehead atoms. The number of anilines is 1. The molecule has 5 heteroatoms. The maximum atomic E-state index is 11.3. The molecule has 0 atom stereocenters. The van der Waals surface area contributed by atoms with E-state index in [2.05, 4.69) is 15.2 Å². The molecule has 1 N–H and O–H groups in total. The number of nitrogens with zero attached hydrogens (tertiary/aromatic N) is 3. The number of nitrogens with one attached hydrogen (secondary N) is 1. The first kappa shape index (κ1) is 12.8. The van der Waals surface area contributed by atoms with E-state index < -0.39 is 0 Å². The molecular formula is C13H20N4O. The second kappa shape index (κ2) is 5.82. The van der Waals surface area contributed by atoms with Crippen LogP contribution < -0.4 is 10.2 Å². The highest BCUT2D eigenvalue weighted by Crippen LogP contribution is 2.19. The number of piperazine rings is 1. The molecule has 1 aliphatic rings. The highest BCUT2D eigenvalue weighted by Gasteiger charge is 2.16. The van der Waals surface area contributed by atoms with Gasteiger partial charge in [-0.05, 0) is 6.07 Å². The summed E-state index contributed by atoms with van der Waals surface area (Å²) in [5.74, 6) is 1.08. The van der Waals surface area contributed by atoms with Crippen molar-refractivity contribution in [2.24, 2.45) is 0 Å². The standard InChI is InChI=1S/C13H20N4O/c1-11(18)16(2)10-12-4-3-5-15-13(12)17-8-6-14-7-9-17/h3-5,14H,6-10H2,1-2H3. The average Bonchev–Trinajstić information content (AvgIpc) is 2.40. The fourth-order valence-corrected chi connectivity index (χ4v) is 2.08. The van der Waals surface area contributed by atoms with Crippen LogP contribution in [-0.4, -0.2) is 49.0 Å². The van der Waals surface area contributed by atoms with Crippen molar-refractivity contribution in [1.29, 1.82) is 0 Å². The van der Waals surface area contributed by atoms with E-state index in [1.807, 2.05) is 25.4 Å². The van der Waals surface area contributed by atoms with Crippen LogP contribution in [0, 0.1) is 0 Å². The monoisotopic (exact) mass is 248 g/mol. The Morgan fingerprint density at radius 3 is 2.89 bits per heavy atom. The summed E-state index contributed by atoms with van der Waals surface area (Å²) >= 11 is 0. The van der Waals surface area contributed by atoms with Crippen molar-refractivity contribution in [1.82, 2.24) is 15.2 Å². The van der Waals surface area contributed by atoms with Crippen molar-refractivity contribution in [2.45, 2.75) is 13.5 Å². The van der Waals surface area contributed by atoms with Gasteiger partial charge in [0.15, 0.2) is 0 Å². The minimum absolute atomic E-state index is 0.0742. The van der Waals surface area contributed by atoms with Gasteiger partial charge in [0.25, 0.3) is 0 Å². The molecule has 1 aliphatic heterocycles. The van der Waals surface area contributed by atoms with Crippen molar-refractivity contribution < 1.29 is 4.79 Å². The minimum atomic E-state index is 0.0742. The van der Waals surface area contributed by atoms with Gasteiger partial charge in [0.1, 0.15) is 5.82 Å². The number of hydrogen-bond acceptors (Lipinski definition) is 4. The Balaban J connectivity index is 2.16. The van der Waals surface area contributed by atoms with Crippen molar-refractivity contribution in [2.75, 3.05) is 38.1 Å². The SMILES string of the molecule is CC(=O)N(C)Cc1cccnc1N1CCNCC1. The Bertz CT molecular complexity index is 415. The fraction of sp³-hybridized carbons (Fsp3) is 0.538. The van der Waals surface area contributed by atoms with Crippen LogP contribution in [0.25, 0.3) is 0 Å². The number of pyridine rings is 1. The molecule has 0 radical (unpaired) electrons. The third-order valence-corrected chi connectivity index (χ3v) is 3.23. The fourth-order valence-electron chi connectivity index (χ4n) is 2.08. The molecular weight excluding hydrogens is 228 g/mol. The average molecular weight is 248 g/mol. The molecule has 0 aromatic carbocycles. The van der Waals surface area contributed by atoms with Gasteiger partial charge in [-0.25, -0.2) is 4.98 Å². The predicted molar refractivity (Wildman–Crippen MR) is 71.5 cm³/mol. The molecule has 2 rings (SSSR count). The first-order valence-corrected chi connectivity index (χ1v) is 6.30. The van der Waals surface area contributed by atoms with E-state index in [4.69, 9.17) is 0 Å². The predicted octanol–water partition coefficient (Wildman–Crippen LogP) is 0.470. The summed E-state index contributed by atoms with van der Waals surface area (Å²) < 4.78 is 0. The first-order chi connectivity index (χ1) is 8.68. The number of rotatable bonds is 3. The summed E-state index contributed by atoms with van der Waals surface area (Å²) in [6.45, 7) is 6.10. The van der Waals surface area contributed by atoms with Crippen LogP contribution in [-0.2, 0) is 11.3 Å². The van der Waals surface area contributed by atoms with E-state index in [1.54, 1.807) is 11.8 Å². The van der Waals surface area contributed by atoms with Gasteiger partial charge >= 0.3 is 0 Å². The van der Waals surface area contributed by atoms with Gasteiger partial charge in [0, 0.05) is 58.5 Å². The zero-order valence-electron chi connectivity index (χ0n) is 11.0. The topological polar surface area (TPSA) is 48.5 Å². The Hall–Kier alpha value is -1.62. The maximum Gasteiger partial charge on any atom is 0.219 e. The molecule has 1 amide bonds. The van der Waals surface area contributed by atoms with Crippen LogP contribution in [0.4, 0.5) is 5.82 Å². The summed E-state index contributed by atoms with van der Waals surface area (Å²) in [5.41, 5.74) is 1.11. The minimum Gasteiger partial charge on any atom is -0.354 e. The summed E-state index contributed by atoms with van der Waals surface area (Å²) in [5, 5.41) is 3.33. The Morgan fingerprint density at radius 2 is 2.22 bits per heavy atom. The molecule has 0 unspecified atom stereocenters. The molecule has 1 saturated heterocycles. The van der Waals surface area contributed by atoms with E-state index in [0.717, 1.165) is 37.6 Å². The molecule has 1 aromatic rings. The van der Waals surface area contributed by atoms with E-state index in [-0.39, 0.29) is 5.91 Å². The normalized spacial score (nSPS) is 15.6. The maximum absolute atomic E-state index is 11.3. The van der Waals surface area contributed by atoms with Crippen LogP contribution >= 0.6 is 0 Å². The van der Waals surface area contributed by atoms with Crippen LogP contribution in [0.3, 0.4) is 0 Å². The summed E-state index contributed by atoms with van der Waals surface area (Å²) in [6, 6.07) is 3.97. The molecule has 1 aromatic heterocycles. The molecule has 5 nitrogen and oxygen atoms in total. The Morgan fingerprint density at radius 1 is 1.50 bits per heavy atom.